The van der Waals surface area contributed by atoms with E-state index in [4.69, 9.17) is 23.2 Å². The molecule has 0 aliphatic heterocycles. The topological polar surface area (TPSA) is 64.0 Å². The Kier molecular flexibility index (Phi) is 5.68. The van der Waals surface area contributed by atoms with Crippen LogP contribution in [0, 0.1) is 6.92 Å². The lowest BCUT2D eigenvalue weighted by molar-refractivity contribution is -0.137. The number of benzene rings is 2. The molecular weight excluding hydrogens is 430 g/mol. The molecule has 1 aromatic heterocycles. The Balaban J connectivity index is 2.08. The van der Waals surface area contributed by atoms with E-state index in [1.165, 1.54) is 43.3 Å². The van der Waals surface area contributed by atoms with Gasteiger partial charge in [0, 0.05) is 16.8 Å². The second-order valence-electron chi connectivity index (χ2n) is 6.00. The molecule has 0 radical (unpaired) electrons. The Bertz CT molecular complexity index is 1160. The van der Waals surface area contributed by atoms with Crippen LogP contribution in [-0.4, -0.2) is 15.7 Å². The molecule has 10 heteroatoms. The summed E-state index contributed by atoms with van der Waals surface area (Å²) in [7, 11) is 0. The van der Waals surface area contributed by atoms with Crippen molar-refractivity contribution in [3.8, 4) is 5.69 Å². The van der Waals surface area contributed by atoms with E-state index in [1.807, 2.05) is 0 Å². The maximum atomic E-state index is 13.4. The standard InChI is InChI=1S/C19H12Cl2F3N3O2/c1-10-8-16(28)17(18(29)25-14-7-6-11(20)9-13(14)21)26-27(10)15-5-3-2-4-12(15)19(22,23)24/h2-9H,1H3,(H,25,29). The number of hydrogen-bond acceptors (Lipinski definition) is 3. The Morgan fingerprint density at radius 2 is 1.79 bits per heavy atom. The van der Waals surface area contributed by atoms with Crippen molar-refractivity contribution in [2.24, 2.45) is 0 Å². The van der Waals surface area contributed by atoms with Gasteiger partial charge in [0.05, 0.1) is 22.0 Å². The molecule has 2 aromatic carbocycles. The number of carbonyl (C=O) groups excluding carboxylic acids is 1. The van der Waals surface area contributed by atoms with Crippen molar-refractivity contribution in [1.82, 2.24) is 9.78 Å². The molecule has 150 valence electrons. The van der Waals surface area contributed by atoms with Crippen molar-refractivity contribution in [1.29, 1.82) is 0 Å². The predicted molar refractivity (Wildman–Crippen MR) is 104 cm³/mol. The first kappa shape index (κ1) is 20.9. The van der Waals surface area contributed by atoms with E-state index in [2.05, 4.69) is 10.4 Å². The molecule has 0 spiro atoms. The highest BCUT2D eigenvalue weighted by Crippen LogP contribution is 2.33. The summed E-state index contributed by atoms with van der Waals surface area (Å²) in [6.45, 7) is 1.42. The summed E-state index contributed by atoms with van der Waals surface area (Å²) in [5, 5.41) is 6.76. The number of nitrogens with zero attached hydrogens (tertiary/aromatic N) is 2. The molecule has 0 atom stereocenters. The van der Waals surface area contributed by atoms with Gasteiger partial charge in [0.2, 0.25) is 5.43 Å². The largest absolute Gasteiger partial charge is 0.418 e. The molecule has 0 aliphatic carbocycles. The Morgan fingerprint density at radius 1 is 1.10 bits per heavy atom. The minimum absolute atomic E-state index is 0.126. The zero-order valence-corrected chi connectivity index (χ0v) is 16.2. The first-order valence-corrected chi connectivity index (χ1v) is 8.87. The van der Waals surface area contributed by atoms with E-state index in [1.54, 1.807) is 0 Å². The zero-order chi connectivity index (χ0) is 21.3. The van der Waals surface area contributed by atoms with Gasteiger partial charge in [-0.1, -0.05) is 35.3 Å². The van der Waals surface area contributed by atoms with Gasteiger partial charge in [0.15, 0.2) is 5.69 Å². The molecule has 1 amide bonds. The van der Waals surface area contributed by atoms with E-state index in [0.29, 0.717) is 5.02 Å². The lowest BCUT2D eigenvalue weighted by Crippen LogP contribution is -2.27. The fraction of sp³-hybridized carbons (Fsp3) is 0.105. The monoisotopic (exact) mass is 441 g/mol. The number of halogens is 5. The van der Waals surface area contributed by atoms with Crippen LogP contribution in [0.25, 0.3) is 5.69 Å². The maximum absolute atomic E-state index is 13.4. The quantitative estimate of drug-likeness (QED) is 0.613. The molecule has 0 aliphatic rings. The van der Waals surface area contributed by atoms with E-state index in [0.717, 1.165) is 16.8 Å². The van der Waals surface area contributed by atoms with Crippen LogP contribution in [0.3, 0.4) is 0 Å². The number of aromatic nitrogens is 2. The van der Waals surface area contributed by atoms with Crippen molar-refractivity contribution in [3.63, 3.8) is 0 Å². The highest BCUT2D eigenvalue weighted by atomic mass is 35.5. The zero-order valence-electron chi connectivity index (χ0n) is 14.7. The summed E-state index contributed by atoms with van der Waals surface area (Å²) in [6.07, 6.45) is -4.65. The predicted octanol–water partition coefficient (Wildman–Crippen LogP) is 5.12. The highest BCUT2D eigenvalue weighted by molar-refractivity contribution is 6.36. The van der Waals surface area contributed by atoms with Crippen LogP contribution in [0.2, 0.25) is 10.0 Å². The van der Waals surface area contributed by atoms with E-state index in [9.17, 15) is 22.8 Å². The molecule has 1 heterocycles. The number of aryl methyl sites for hydroxylation is 1. The second kappa shape index (κ2) is 7.88. The van der Waals surface area contributed by atoms with E-state index < -0.39 is 28.8 Å². The number of carbonyl (C=O) groups is 1. The van der Waals surface area contributed by atoms with Gasteiger partial charge in [-0.3, -0.25) is 9.59 Å². The van der Waals surface area contributed by atoms with Crippen LogP contribution in [-0.2, 0) is 6.18 Å². The minimum atomic E-state index is -4.65. The number of para-hydroxylation sites is 1. The molecule has 0 fully saturated rings. The lowest BCUT2D eigenvalue weighted by Gasteiger charge is -2.16. The molecule has 0 saturated heterocycles. The maximum Gasteiger partial charge on any atom is 0.418 e. The van der Waals surface area contributed by atoms with Crippen LogP contribution >= 0.6 is 23.2 Å². The Labute approximate surface area is 172 Å². The van der Waals surface area contributed by atoms with Gasteiger partial charge in [0.25, 0.3) is 5.91 Å². The number of anilines is 1. The van der Waals surface area contributed by atoms with Gasteiger partial charge in [-0.05, 0) is 37.3 Å². The number of nitrogens with one attached hydrogen (secondary N) is 1. The van der Waals surface area contributed by atoms with Gasteiger partial charge in [-0.25, -0.2) is 4.68 Å². The molecule has 3 rings (SSSR count). The first-order valence-electron chi connectivity index (χ1n) is 8.12. The van der Waals surface area contributed by atoms with Gasteiger partial charge in [-0.15, -0.1) is 0 Å². The third kappa shape index (κ3) is 4.44. The average Bonchev–Trinajstić information content (AvgIpc) is 2.63. The van der Waals surface area contributed by atoms with Crippen molar-refractivity contribution in [2.75, 3.05) is 5.32 Å². The van der Waals surface area contributed by atoms with Gasteiger partial charge in [0.1, 0.15) is 0 Å². The van der Waals surface area contributed by atoms with Gasteiger partial charge < -0.3 is 5.32 Å². The number of alkyl halides is 3. The third-order valence-corrected chi connectivity index (χ3v) is 4.49. The normalized spacial score (nSPS) is 11.4. The molecule has 5 nitrogen and oxygen atoms in total. The van der Waals surface area contributed by atoms with Crippen LogP contribution in [0.15, 0.2) is 53.3 Å². The fourth-order valence-corrected chi connectivity index (χ4v) is 3.07. The summed E-state index contributed by atoms with van der Waals surface area (Å²) < 4.78 is 41.0. The summed E-state index contributed by atoms with van der Waals surface area (Å²) in [4.78, 5) is 24.8. The summed E-state index contributed by atoms with van der Waals surface area (Å²) in [5.41, 5.74) is -2.29. The summed E-state index contributed by atoms with van der Waals surface area (Å²) in [6, 6.07) is 10.1. The van der Waals surface area contributed by atoms with Gasteiger partial charge >= 0.3 is 6.18 Å². The molecule has 0 unspecified atom stereocenters. The Hall–Kier alpha value is -2.84. The van der Waals surface area contributed by atoms with Crippen LogP contribution in [0.1, 0.15) is 21.7 Å². The van der Waals surface area contributed by atoms with Gasteiger partial charge in [-0.2, -0.15) is 18.3 Å². The molecule has 1 N–H and O–H groups in total. The van der Waals surface area contributed by atoms with Crippen molar-refractivity contribution < 1.29 is 18.0 Å². The van der Waals surface area contributed by atoms with Crippen molar-refractivity contribution in [3.05, 3.63) is 85.8 Å². The van der Waals surface area contributed by atoms with Crippen LogP contribution in [0.5, 0.6) is 0 Å². The number of amides is 1. The van der Waals surface area contributed by atoms with Crippen molar-refractivity contribution in [2.45, 2.75) is 13.1 Å². The minimum Gasteiger partial charge on any atom is -0.319 e. The second-order valence-corrected chi connectivity index (χ2v) is 6.85. The van der Waals surface area contributed by atoms with Crippen LogP contribution in [0.4, 0.5) is 18.9 Å². The summed E-state index contributed by atoms with van der Waals surface area (Å²) in [5.74, 6) is -0.919. The fourth-order valence-electron chi connectivity index (χ4n) is 2.62. The van der Waals surface area contributed by atoms with E-state index in [-0.39, 0.29) is 22.1 Å². The smallest absolute Gasteiger partial charge is 0.319 e. The number of hydrogen-bond donors (Lipinski definition) is 1. The highest BCUT2D eigenvalue weighted by Gasteiger charge is 2.34. The van der Waals surface area contributed by atoms with E-state index >= 15 is 0 Å². The third-order valence-electron chi connectivity index (χ3n) is 3.94. The molecule has 29 heavy (non-hydrogen) atoms. The van der Waals surface area contributed by atoms with Crippen molar-refractivity contribution >= 4 is 34.8 Å². The van der Waals surface area contributed by atoms with Crippen LogP contribution < -0.4 is 10.7 Å². The molecular formula is C19H12Cl2F3N3O2. The first-order chi connectivity index (χ1) is 13.6. The summed E-state index contributed by atoms with van der Waals surface area (Å²) >= 11 is 11.8. The SMILES string of the molecule is Cc1cc(=O)c(C(=O)Nc2ccc(Cl)cc2Cl)nn1-c1ccccc1C(F)(F)F. The molecule has 3 aromatic rings. The Morgan fingerprint density at radius 3 is 2.45 bits per heavy atom. The number of rotatable bonds is 3. The lowest BCUT2D eigenvalue weighted by atomic mass is 10.1. The molecule has 0 bridgehead atoms. The molecule has 0 saturated carbocycles. The average molecular weight is 442 g/mol.